The highest BCUT2D eigenvalue weighted by atomic mass is 19.1. The van der Waals surface area contributed by atoms with Crippen molar-refractivity contribution in [2.75, 3.05) is 29.9 Å². The van der Waals surface area contributed by atoms with Crippen molar-refractivity contribution in [2.24, 2.45) is 0 Å². The fourth-order valence-corrected chi connectivity index (χ4v) is 1.15. The summed E-state index contributed by atoms with van der Waals surface area (Å²) in [5.74, 6) is -0.451. The number of benzene rings is 1. The van der Waals surface area contributed by atoms with Crippen LogP contribution >= 0.6 is 0 Å². The maximum atomic E-state index is 12.8. The molecule has 0 aliphatic heterocycles. The number of rotatable bonds is 4. The Morgan fingerprint density at radius 2 is 1.86 bits per heavy atom. The second-order valence-corrected chi connectivity index (χ2v) is 2.96. The number of aliphatic hydroxyl groups is 1. The molecule has 0 aromatic heterocycles. The van der Waals surface area contributed by atoms with E-state index >= 15 is 0 Å². The van der Waals surface area contributed by atoms with E-state index in [0.717, 1.165) is 0 Å². The molecule has 14 heavy (non-hydrogen) atoms. The SMILES string of the molecule is Nc1cc(F)cc(N)c1NCCCO. The monoisotopic (exact) mass is 199 g/mol. The number of hydrogen-bond donors (Lipinski definition) is 4. The Bertz CT molecular complexity index is 294. The highest BCUT2D eigenvalue weighted by Crippen LogP contribution is 2.26. The zero-order valence-electron chi connectivity index (χ0n) is 7.76. The Morgan fingerprint density at radius 3 is 2.36 bits per heavy atom. The molecule has 0 fully saturated rings. The number of nitrogen functional groups attached to an aromatic ring is 2. The predicted octanol–water partition coefficient (Wildman–Crippen LogP) is 0.784. The Labute approximate surface area is 81.7 Å². The Hall–Kier alpha value is -1.49. The van der Waals surface area contributed by atoms with Crippen LogP contribution in [0.4, 0.5) is 21.5 Å². The maximum Gasteiger partial charge on any atom is 0.127 e. The van der Waals surface area contributed by atoms with Crippen LogP contribution in [-0.2, 0) is 0 Å². The van der Waals surface area contributed by atoms with Gasteiger partial charge in [0.15, 0.2) is 0 Å². The van der Waals surface area contributed by atoms with Crippen LogP contribution in [0, 0.1) is 5.82 Å². The van der Waals surface area contributed by atoms with Crippen molar-refractivity contribution in [3.63, 3.8) is 0 Å². The minimum Gasteiger partial charge on any atom is -0.397 e. The molecule has 0 saturated carbocycles. The third kappa shape index (κ3) is 2.50. The van der Waals surface area contributed by atoms with Crippen molar-refractivity contribution in [2.45, 2.75) is 6.42 Å². The molecular weight excluding hydrogens is 185 g/mol. The normalized spacial score (nSPS) is 10.1. The van der Waals surface area contributed by atoms with Crippen molar-refractivity contribution >= 4 is 17.1 Å². The second kappa shape index (κ2) is 4.66. The van der Waals surface area contributed by atoms with E-state index in [2.05, 4.69) is 5.32 Å². The molecule has 0 unspecified atom stereocenters. The van der Waals surface area contributed by atoms with Gasteiger partial charge in [0.2, 0.25) is 0 Å². The van der Waals surface area contributed by atoms with Crippen LogP contribution in [0.2, 0.25) is 0 Å². The van der Waals surface area contributed by atoms with Gasteiger partial charge in [0.25, 0.3) is 0 Å². The minimum atomic E-state index is -0.451. The lowest BCUT2D eigenvalue weighted by Crippen LogP contribution is -2.08. The average Bonchev–Trinajstić information content (AvgIpc) is 2.09. The zero-order valence-corrected chi connectivity index (χ0v) is 7.76. The summed E-state index contributed by atoms with van der Waals surface area (Å²) >= 11 is 0. The van der Waals surface area contributed by atoms with Gasteiger partial charge in [-0.3, -0.25) is 0 Å². The van der Waals surface area contributed by atoms with Gasteiger partial charge in [-0.1, -0.05) is 0 Å². The highest BCUT2D eigenvalue weighted by molar-refractivity contribution is 5.79. The number of aliphatic hydroxyl groups excluding tert-OH is 1. The van der Waals surface area contributed by atoms with Gasteiger partial charge in [-0.05, 0) is 18.6 Å². The van der Waals surface area contributed by atoms with Crippen molar-refractivity contribution in [3.05, 3.63) is 17.9 Å². The van der Waals surface area contributed by atoms with E-state index in [1.807, 2.05) is 0 Å². The quantitative estimate of drug-likeness (QED) is 0.426. The van der Waals surface area contributed by atoms with E-state index < -0.39 is 5.82 Å². The van der Waals surface area contributed by atoms with Crippen LogP contribution < -0.4 is 16.8 Å². The Morgan fingerprint density at radius 1 is 1.29 bits per heavy atom. The van der Waals surface area contributed by atoms with Crippen LogP contribution in [0.1, 0.15) is 6.42 Å². The molecule has 0 radical (unpaired) electrons. The first kappa shape index (κ1) is 10.6. The third-order valence-electron chi connectivity index (χ3n) is 1.80. The van der Waals surface area contributed by atoms with Crippen LogP contribution in [0.3, 0.4) is 0 Å². The molecule has 0 aliphatic carbocycles. The number of nitrogens with two attached hydrogens (primary N) is 2. The standard InChI is InChI=1S/C9H14FN3O/c10-6-4-7(11)9(8(12)5-6)13-2-1-3-14/h4-5,13-14H,1-3,11-12H2. The largest absolute Gasteiger partial charge is 0.397 e. The molecule has 1 aromatic carbocycles. The van der Waals surface area contributed by atoms with Gasteiger partial charge in [-0.15, -0.1) is 0 Å². The molecule has 0 aliphatic rings. The molecule has 0 atom stereocenters. The maximum absolute atomic E-state index is 12.8. The van der Waals surface area contributed by atoms with Crippen molar-refractivity contribution in [1.82, 2.24) is 0 Å². The molecule has 6 N–H and O–H groups in total. The summed E-state index contributed by atoms with van der Waals surface area (Å²) < 4.78 is 12.8. The molecule has 0 saturated heterocycles. The number of anilines is 3. The number of hydrogen-bond acceptors (Lipinski definition) is 4. The Balaban J connectivity index is 2.75. The molecule has 1 rings (SSSR count). The van der Waals surface area contributed by atoms with Gasteiger partial charge in [0.05, 0.1) is 17.1 Å². The summed E-state index contributed by atoms with van der Waals surface area (Å²) in [6.07, 6.45) is 0.594. The van der Waals surface area contributed by atoms with E-state index in [1.54, 1.807) is 0 Å². The fraction of sp³-hybridized carbons (Fsp3) is 0.333. The van der Waals surface area contributed by atoms with Gasteiger partial charge >= 0.3 is 0 Å². The molecule has 0 bridgehead atoms. The highest BCUT2D eigenvalue weighted by Gasteiger charge is 2.05. The number of halogens is 1. The molecule has 5 heteroatoms. The van der Waals surface area contributed by atoms with Gasteiger partial charge in [-0.25, -0.2) is 4.39 Å². The van der Waals surface area contributed by atoms with Gasteiger partial charge in [0, 0.05) is 13.2 Å². The van der Waals surface area contributed by atoms with E-state index in [4.69, 9.17) is 16.6 Å². The minimum absolute atomic E-state index is 0.0913. The van der Waals surface area contributed by atoms with E-state index in [0.29, 0.717) is 18.7 Å². The summed E-state index contributed by atoms with van der Waals surface area (Å²) in [4.78, 5) is 0. The summed E-state index contributed by atoms with van der Waals surface area (Å²) in [6.45, 7) is 0.643. The van der Waals surface area contributed by atoms with Crippen molar-refractivity contribution in [3.8, 4) is 0 Å². The molecule has 78 valence electrons. The van der Waals surface area contributed by atoms with Gasteiger partial charge in [0.1, 0.15) is 5.82 Å². The van der Waals surface area contributed by atoms with Crippen LogP contribution in [0.5, 0.6) is 0 Å². The lowest BCUT2D eigenvalue weighted by Gasteiger charge is -2.11. The van der Waals surface area contributed by atoms with Crippen molar-refractivity contribution in [1.29, 1.82) is 0 Å². The van der Waals surface area contributed by atoms with Crippen LogP contribution in [0.15, 0.2) is 12.1 Å². The predicted molar refractivity (Wildman–Crippen MR) is 55.4 cm³/mol. The average molecular weight is 199 g/mol. The molecule has 0 amide bonds. The number of nitrogens with one attached hydrogen (secondary N) is 1. The van der Waals surface area contributed by atoms with E-state index in [1.165, 1.54) is 12.1 Å². The molecule has 1 aromatic rings. The molecular formula is C9H14FN3O. The van der Waals surface area contributed by atoms with Crippen LogP contribution in [-0.4, -0.2) is 18.3 Å². The third-order valence-corrected chi connectivity index (χ3v) is 1.80. The summed E-state index contributed by atoms with van der Waals surface area (Å²) in [5, 5.41) is 11.5. The first-order chi connectivity index (χ1) is 6.65. The van der Waals surface area contributed by atoms with Gasteiger partial charge < -0.3 is 21.9 Å². The zero-order chi connectivity index (χ0) is 10.6. The smallest absolute Gasteiger partial charge is 0.127 e. The Kier molecular flexibility index (Phi) is 3.53. The fourth-order valence-electron chi connectivity index (χ4n) is 1.15. The van der Waals surface area contributed by atoms with Gasteiger partial charge in [-0.2, -0.15) is 0 Å². The lowest BCUT2D eigenvalue weighted by atomic mass is 10.2. The van der Waals surface area contributed by atoms with E-state index in [9.17, 15) is 4.39 Å². The summed E-state index contributed by atoms with van der Waals surface area (Å²) in [5.41, 5.74) is 12.2. The summed E-state index contributed by atoms with van der Waals surface area (Å²) in [6, 6.07) is 2.41. The molecule has 4 nitrogen and oxygen atoms in total. The first-order valence-corrected chi connectivity index (χ1v) is 4.34. The molecule has 0 spiro atoms. The lowest BCUT2D eigenvalue weighted by molar-refractivity contribution is 0.292. The molecule has 0 heterocycles. The summed E-state index contributed by atoms with van der Waals surface area (Å²) in [7, 11) is 0. The second-order valence-electron chi connectivity index (χ2n) is 2.96. The van der Waals surface area contributed by atoms with Crippen LogP contribution in [0.25, 0.3) is 0 Å². The van der Waals surface area contributed by atoms with Crippen molar-refractivity contribution < 1.29 is 9.50 Å². The first-order valence-electron chi connectivity index (χ1n) is 4.34. The topological polar surface area (TPSA) is 84.3 Å². The van der Waals surface area contributed by atoms with E-state index in [-0.39, 0.29) is 18.0 Å².